The van der Waals surface area contributed by atoms with E-state index in [-0.39, 0.29) is 23.3 Å². The average molecular weight is 346 g/mol. The first-order chi connectivity index (χ1) is 8.95. The number of halogens is 2. The summed E-state index contributed by atoms with van der Waals surface area (Å²) in [4.78, 5) is 18.0. The summed E-state index contributed by atoms with van der Waals surface area (Å²) in [6, 6.07) is 5.29. The Morgan fingerprint density at radius 2 is 2.11 bits per heavy atom. The van der Waals surface area contributed by atoms with E-state index in [2.05, 4.69) is 25.9 Å². The minimum absolute atomic E-state index is 0.0602. The molecular weight excluding hydrogens is 339 g/mol. The number of hydrogen-bond acceptors (Lipinski definition) is 6. The highest BCUT2D eigenvalue weighted by Gasteiger charge is 2.17. The highest BCUT2D eigenvalue weighted by atomic mass is 79.9. The monoisotopic (exact) mass is 344 g/mol. The molecule has 9 heteroatoms. The molecule has 0 unspecified atom stereocenters. The second kappa shape index (κ2) is 5.37. The molecule has 2 rings (SSSR count). The maximum atomic E-state index is 10.9. The van der Waals surface area contributed by atoms with Crippen LogP contribution in [0.2, 0.25) is 5.02 Å². The van der Waals surface area contributed by atoms with Crippen LogP contribution in [0.4, 0.5) is 11.5 Å². The van der Waals surface area contributed by atoms with Gasteiger partial charge in [-0.3, -0.25) is 10.1 Å². The molecule has 0 amide bonds. The van der Waals surface area contributed by atoms with Crippen LogP contribution in [0.15, 0.2) is 28.9 Å². The third-order valence-corrected chi connectivity index (χ3v) is 2.66. The molecule has 19 heavy (non-hydrogen) atoms. The van der Waals surface area contributed by atoms with Gasteiger partial charge < -0.3 is 10.5 Å². The number of nitrogen functional groups attached to an aromatic ring is 1. The van der Waals surface area contributed by atoms with Crippen molar-refractivity contribution in [1.82, 2.24) is 9.97 Å². The Morgan fingerprint density at radius 3 is 2.74 bits per heavy atom. The molecule has 0 saturated carbocycles. The Bertz CT molecular complexity index is 632. The number of rotatable bonds is 3. The fourth-order valence-corrected chi connectivity index (χ4v) is 1.83. The number of ether oxygens (including phenoxy) is 1. The van der Waals surface area contributed by atoms with Gasteiger partial charge in [-0.25, -0.2) is 0 Å². The summed E-state index contributed by atoms with van der Waals surface area (Å²) in [7, 11) is 0. The van der Waals surface area contributed by atoms with E-state index in [1.165, 1.54) is 24.3 Å². The summed E-state index contributed by atoms with van der Waals surface area (Å²) in [6.07, 6.45) is 0. The average Bonchev–Trinajstić information content (AvgIpc) is 2.26. The molecule has 0 aliphatic heterocycles. The van der Waals surface area contributed by atoms with Gasteiger partial charge in [-0.05, 0) is 22.0 Å². The Labute approximate surface area is 120 Å². The fraction of sp³-hybridized carbons (Fsp3) is 0. The van der Waals surface area contributed by atoms with Crippen molar-refractivity contribution in [2.24, 2.45) is 0 Å². The zero-order chi connectivity index (χ0) is 14.0. The molecule has 0 radical (unpaired) electrons. The summed E-state index contributed by atoms with van der Waals surface area (Å²) in [5.41, 5.74) is 5.28. The summed E-state index contributed by atoms with van der Waals surface area (Å²) in [5, 5.41) is 11.2. The molecule has 1 aromatic heterocycles. The third kappa shape index (κ3) is 3.30. The van der Waals surface area contributed by atoms with Crippen molar-refractivity contribution in [3.8, 4) is 11.8 Å². The molecule has 0 atom stereocenters. The minimum Gasteiger partial charge on any atom is -0.417 e. The first-order valence-corrected chi connectivity index (χ1v) is 6.04. The molecule has 98 valence electrons. The van der Waals surface area contributed by atoms with Crippen LogP contribution in [0.3, 0.4) is 0 Å². The summed E-state index contributed by atoms with van der Waals surface area (Å²) in [6.45, 7) is 0. The predicted octanol–water partition coefficient (Wildman–Crippen LogP) is 3.18. The van der Waals surface area contributed by atoms with Crippen LogP contribution in [0.25, 0.3) is 0 Å². The van der Waals surface area contributed by atoms with Crippen LogP contribution < -0.4 is 10.5 Å². The molecule has 7 nitrogen and oxygen atoms in total. The first kappa shape index (κ1) is 13.5. The molecule has 1 heterocycles. The van der Waals surface area contributed by atoms with E-state index >= 15 is 0 Å². The largest absolute Gasteiger partial charge is 0.417 e. The molecule has 2 N–H and O–H groups in total. The maximum absolute atomic E-state index is 10.9. The van der Waals surface area contributed by atoms with E-state index in [9.17, 15) is 10.1 Å². The van der Waals surface area contributed by atoms with Gasteiger partial charge in [0, 0.05) is 23.2 Å². The third-order valence-electron chi connectivity index (χ3n) is 2.01. The Hall–Kier alpha value is -1.93. The van der Waals surface area contributed by atoms with Gasteiger partial charge in [0.05, 0.1) is 4.92 Å². The van der Waals surface area contributed by atoms with Crippen LogP contribution >= 0.6 is 27.5 Å². The van der Waals surface area contributed by atoms with Crippen LogP contribution in [0, 0.1) is 10.1 Å². The van der Waals surface area contributed by atoms with Crippen molar-refractivity contribution in [3.63, 3.8) is 0 Å². The lowest BCUT2D eigenvalue weighted by molar-refractivity contribution is -0.385. The van der Waals surface area contributed by atoms with Crippen LogP contribution in [0.5, 0.6) is 11.8 Å². The second-order valence-electron chi connectivity index (χ2n) is 3.37. The van der Waals surface area contributed by atoms with Gasteiger partial charge in [0.25, 0.3) is 0 Å². The summed E-state index contributed by atoms with van der Waals surface area (Å²) >= 11 is 8.89. The number of benzene rings is 1. The lowest BCUT2D eigenvalue weighted by Crippen LogP contribution is -1.99. The zero-order valence-electron chi connectivity index (χ0n) is 9.21. The Morgan fingerprint density at radius 1 is 1.37 bits per heavy atom. The minimum atomic E-state index is -0.590. The van der Waals surface area contributed by atoms with Crippen LogP contribution in [-0.2, 0) is 0 Å². The highest BCUT2D eigenvalue weighted by Crippen LogP contribution is 2.33. The number of nitro groups is 1. The normalized spacial score (nSPS) is 10.2. The Kier molecular flexibility index (Phi) is 3.82. The molecule has 2 aromatic rings. The molecule has 0 aliphatic rings. The smallest absolute Gasteiger partial charge is 0.325 e. The van der Waals surface area contributed by atoms with E-state index in [1.807, 2.05) is 0 Å². The molecule has 1 aromatic carbocycles. The zero-order valence-corrected chi connectivity index (χ0v) is 11.6. The fourth-order valence-electron chi connectivity index (χ4n) is 1.28. The summed E-state index contributed by atoms with van der Waals surface area (Å²) < 4.78 is 5.66. The second-order valence-corrected chi connectivity index (χ2v) is 4.62. The van der Waals surface area contributed by atoms with Gasteiger partial charge in [0.1, 0.15) is 10.4 Å². The molecule has 0 bridgehead atoms. The van der Waals surface area contributed by atoms with Crippen LogP contribution in [-0.4, -0.2) is 14.9 Å². The molecule has 0 saturated heterocycles. The van der Waals surface area contributed by atoms with Crippen molar-refractivity contribution in [2.45, 2.75) is 0 Å². The predicted molar refractivity (Wildman–Crippen MR) is 72.3 cm³/mol. The molecule has 0 spiro atoms. The number of hydrogen-bond donors (Lipinski definition) is 1. The van der Waals surface area contributed by atoms with E-state index < -0.39 is 4.92 Å². The molecule has 0 aliphatic carbocycles. The van der Waals surface area contributed by atoms with Gasteiger partial charge in [0.2, 0.25) is 5.75 Å². The SMILES string of the molecule is Nc1cc(Br)nc(Oc2cc(Cl)ccc2[N+](=O)[O-])n1. The maximum Gasteiger partial charge on any atom is 0.325 e. The standard InChI is InChI=1S/C10H6BrClN4O3/c11-8-4-9(13)15-10(14-8)19-7-3-5(12)1-2-6(7)16(17)18/h1-4H,(H2,13,14,15). The van der Waals surface area contributed by atoms with Gasteiger partial charge in [-0.15, -0.1) is 0 Å². The highest BCUT2D eigenvalue weighted by molar-refractivity contribution is 9.10. The summed E-state index contributed by atoms with van der Waals surface area (Å²) in [5.74, 6) is 0.108. The van der Waals surface area contributed by atoms with Crippen molar-refractivity contribution < 1.29 is 9.66 Å². The van der Waals surface area contributed by atoms with E-state index in [0.717, 1.165) is 0 Å². The number of nitrogens with zero attached hydrogens (tertiary/aromatic N) is 3. The van der Waals surface area contributed by atoms with E-state index in [4.69, 9.17) is 22.1 Å². The lowest BCUT2D eigenvalue weighted by Gasteiger charge is -2.05. The number of nitro benzene ring substituents is 1. The number of aromatic nitrogens is 2. The van der Waals surface area contributed by atoms with Crippen molar-refractivity contribution in [3.05, 3.63) is 44.0 Å². The molecular formula is C10H6BrClN4O3. The van der Waals surface area contributed by atoms with Gasteiger partial charge in [-0.2, -0.15) is 9.97 Å². The van der Waals surface area contributed by atoms with Crippen molar-refractivity contribution >= 4 is 39.0 Å². The number of anilines is 1. The van der Waals surface area contributed by atoms with Gasteiger partial charge in [-0.1, -0.05) is 11.6 Å². The van der Waals surface area contributed by atoms with E-state index in [1.54, 1.807) is 0 Å². The molecule has 0 fully saturated rings. The van der Waals surface area contributed by atoms with Crippen molar-refractivity contribution in [1.29, 1.82) is 0 Å². The Balaban J connectivity index is 2.42. The first-order valence-electron chi connectivity index (χ1n) is 4.87. The van der Waals surface area contributed by atoms with Gasteiger partial charge >= 0.3 is 11.7 Å². The van der Waals surface area contributed by atoms with Gasteiger partial charge in [0.15, 0.2) is 0 Å². The van der Waals surface area contributed by atoms with E-state index in [0.29, 0.717) is 9.63 Å². The van der Waals surface area contributed by atoms with Crippen LogP contribution in [0.1, 0.15) is 0 Å². The number of nitrogens with two attached hydrogens (primary N) is 1. The quantitative estimate of drug-likeness (QED) is 0.520. The van der Waals surface area contributed by atoms with Crippen molar-refractivity contribution in [2.75, 3.05) is 5.73 Å². The lowest BCUT2D eigenvalue weighted by atomic mass is 10.3. The topological polar surface area (TPSA) is 104 Å².